The number of nitrogens with two attached hydrogens (primary N) is 1. The predicted octanol–water partition coefficient (Wildman–Crippen LogP) is 2.14. The molecule has 0 aliphatic carbocycles. The third kappa shape index (κ3) is 3.19. The molecule has 1 aromatic rings. The average molecular weight is 232 g/mol. The molecule has 4 heteroatoms. The first kappa shape index (κ1) is 11.9. The molecule has 1 aromatic heterocycles. The van der Waals surface area contributed by atoms with Gasteiger partial charge < -0.3 is 10.6 Å². The van der Waals surface area contributed by atoms with E-state index in [1.165, 1.54) is 32.1 Å². The summed E-state index contributed by atoms with van der Waals surface area (Å²) in [6.07, 6.45) is 8.38. The molecule has 2 heterocycles. The van der Waals surface area contributed by atoms with Gasteiger partial charge in [0.15, 0.2) is 0 Å². The van der Waals surface area contributed by atoms with Crippen LogP contribution in [0.4, 0.5) is 5.69 Å². The maximum absolute atomic E-state index is 7.32. The van der Waals surface area contributed by atoms with Crippen molar-refractivity contribution >= 4 is 11.5 Å². The van der Waals surface area contributed by atoms with E-state index >= 15 is 0 Å². The van der Waals surface area contributed by atoms with Gasteiger partial charge in [-0.05, 0) is 25.0 Å². The fourth-order valence-electron chi connectivity index (χ4n) is 2.24. The first-order valence-corrected chi connectivity index (χ1v) is 6.33. The number of hydrogen-bond donors (Lipinski definition) is 2. The van der Waals surface area contributed by atoms with Gasteiger partial charge >= 0.3 is 0 Å². The van der Waals surface area contributed by atoms with Gasteiger partial charge in [-0.15, -0.1) is 0 Å². The van der Waals surface area contributed by atoms with E-state index in [2.05, 4.69) is 9.88 Å². The molecular weight excluding hydrogens is 212 g/mol. The Labute approximate surface area is 102 Å². The molecule has 0 amide bonds. The molecule has 17 heavy (non-hydrogen) atoms. The summed E-state index contributed by atoms with van der Waals surface area (Å²) in [5, 5.41) is 7.32. The van der Waals surface area contributed by atoms with Crippen LogP contribution in [-0.4, -0.2) is 23.9 Å². The highest BCUT2D eigenvalue weighted by Crippen LogP contribution is 2.18. The van der Waals surface area contributed by atoms with Crippen molar-refractivity contribution in [2.75, 3.05) is 18.0 Å². The lowest BCUT2D eigenvalue weighted by molar-refractivity contribution is 0.556. The third-order valence-corrected chi connectivity index (χ3v) is 3.25. The Morgan fingerprint density at radius 2 is 1.76 bits per heavy atom. The summed E-state index contributed by atoms with van der Waals surface area (Å²) in [6, 6.07) is 3.85. The van der Waals surface area contributed by atoms with E-state index in [4.69, 9.17) is 11.1 Å². The smallest absolute Gasteiger partial charge is 0.141 e. The number of nitrogen functional groups attached to an aromatic ring is 1. The van der Waals surface area contributed by atoms with Crippen LogP contribution in [-0.2, 0) is 0 Å². The second-order valence-corrected chi connectivity index (χ2v) is 4.57. The lowest BCUT2D eigenvalue weighted by Crippen LogP contribution is -2.27. The first-order valence-electron chi connectivity index (χ1n) is 6.33. The molecule has 92 valence electrons. The Balaban J connectivity index is 2.06. The number of amidine groups is 1. The van der Waals surface area contributed by atoms with Crippen LogP contribution in [0.3, 0.4) is 0 Å². The van der Waals surface area contributed by atoms with Crippen molar-refractivity contribution in [1.82, 2.24) is 4.98 Å². The van der Waals surface area contributed by atoms with Gasteiger partial charge in [0, 0.05) is 13.1 Å². The zero-order valence-corrected chi connectivity index (χ0v) is 10.2. The fourth-order valence-corrected chi connectivity index (χ4v) is 2.24. The predicted molar refractivity (Wildman–Crippen MR) is 70.6 cm³/mol. The van der Waals surface area contributed by atoms with Gasteiger partial charge in [0.1, 0.15) is 11.5 Å². The molecule has 0 aromatic carbocycles. The lowest BCUT2D eigenvalue weighted by atomic mass is 10.1. The second kappa shape index (κ2) is 5.66. The van der Waals surface area contributed by atoms with Gasteiger partial charge in [0.2, 0.25) is 0 Å². The Morgan fingerprint density at radius 3 is 2.29 bits per heavy atom. The zero-order valence-electron chi connectivity index (χ0n) is 10.2. The topological polar surface area (TPSA) is 66.0 Å². The fraction of sp³-hybridized carbons (Fsp3) is 0.538. The molecule has 0 unspecified atom stereocenters. The number of anilines is 1. The summed E-state index contributed by atoms with van der Waals surface area (Å²) < 4.78 is 0. The van der Waals surface area contributed by atoms with Crippen LogP contribution in [0.15, 0.2) is 18.3 Å². The van der Waals surface area contributed by atoms with Gasteiger partial charge in [-0.25, -0.2) is 0 Å². The summed E-state index contributed by atoms with van der Waals surface area (Å²) in [7, 11) is 0. The third-order valence-electron chi connectivity index (χ3n) is 3.25. The summed E-state index contributed by atoms with van der Waals surface area (Å²) in [4.78, 5) is 6.60. The summed E-state index contributed by atoms with van der Waals surface area (Å²) in [5.74, 6) is 0.0317. The number of pyridine rings is 1. The van der Waals surface area contributed by atoms with Crippen LogP contribution in [0.2, 0.25) is 0 Å². The minimum atomic E-state index is 0.0317. The van der Waals surface area contributed by atoms with E-state index in [-0.39, 0.29) is 5.84 Å². The van der Waals surface area contributed by atoms with E-state index in [0.29, 0.717) is 5.69 Å². The van der Waals surface area contributed by atoms with Crippen molar-refractivity contribution in [2.45, 2.75) is 32.1 Å². The van der Waals surface area contributed by atoms with Crippen molar-refractivity contribution in [2.24, 2.45) is 5.73 Å². The Hall–Kier alpha value is -1.58. The van der Waals surface area contributed by atoms with Crippen molar-refractivity contribution in [3.63, 3.8) is 0 Å². The molecule has 2 rings (SSSR count). The second-order valence-electron chi connectivity index (χ2n) is 4.57. The van der Waals surface area contributed by atoms with Gasteiger partial charge in [0.25, 0.3) is 0 Å². The molecule has 1 aliphatic rings. The van der Waals surface area contributed by atoms with E-state index in [0.717, 1.165) is 18.8 Å². The number of aromatic nitrogens is 1. The van der Waals surface area contributed by atoms with Crippen LogP contribution >= 0.6 is 0 Å². The molecule has 1 aliphatic heterocycles. The van der Waals surface area contributed by atoms with Crippen molar-refractivity contribution in [3.8, 4) is 0 Å². The van der Waals surface area contributed by atoms with Gasteiger partial charge in [0.05, 0.1) is 11.9 Å². The number of hydrogen-bond acceptors (Lipinski definition) is 3. The van der Waals surface area contributed by atoms with Gasteiger partial charge in [-0.2, -0.15) is 0 Å². The quantitative estimate of drug-likeness (QED) is 0.606. The highest BCUT2D eigenvalue weighted by atomic mass is 15.1. The van der Waals surface area contributed by atoms with E-state index < -0.39 is 0 Å². The van der Waals surface area contributed by atoms with E-state index in [1.54, 1.807) is 0 Å². The maximum Gasteiger partial charge on any atom is 0.141 e. The number of nitrogens with one attached hydrogen (secondary N) is 1. The average Bonchev–Trinajstić information content (AvgIpc) is 2.29. The van der Waals surface area contributed by atoms with Gasteiger partial charge in [-0.3, -0.25) is 10.4 Å². The summed E-state index contributed by atoms with van der Waals surface area (Å²) in [5.41, 5.74) is 7.10. The monoisotopic (exact) mass is 232 g/mol. The van der Waals surface area contributed by atoms with Crippen LogP contribution in [0.25, 0.3) is 0 Å². The SMILES string of the molecule is N=C(N)c1ccc(N2CCCCCCC2)cn1. The molecule has 0 radical (unpaired) electrons. The highest BCUT2D eigenvalue weighted by molar-refractivity contribution is 5.93. The molecule has 0 spiro atoms. The number of nitrogens with zero attached hydrogens (tertiary/aromatic N) is 2. The van der Waals surface area contributed by atoms with Crippen molar-refractivity contribution < 1.29 is 0 Å². The Bertz CT molecular complexity index is 364. The van der Waals surface area contributed by atoms with Gasteiger partial charge in [-0.1, -0.05) is 19.3 Å². The largest absolute Gasteiger partial charge is 0.382 e. The normalized spacial score (nSPS) is 17.3. The molecule has 0 atom stereocenters. The van der Waals surface area contributed by atoms with E-state index in [1.807, 2.05) is 18.3 Å². The molecule has 4 nitrogen and oxygen atoms in total. The Kier molecular flexibility index (Phi) is 3.96. The molecular formula is C13H20N4. The zero-order chi connectivity index (χ0) is 12.1. The van der Waals surface area contributed by atoms with Crippen LogP contribution in [0, 0.1) is 5.41 Å². The Morgan fingerprint density at radius 1 is 1.12 bits per heavy atom. The van der Waals surface area contributed by atoms with Crippen LogP contribution < -0.4 is 10.6 Å². The standard InChI is InChI=1S/C13H20N4/c14-13(15)12-7-6-11(10-16-12)17-8-4-2-1-3-5-9-17/h6-7,10H,1-5,8-9H2,(H3,14,15). The summed E-state index contributed by atoms with van der Waals surface area (Å²) in [6.45, 7) is 2.22. The van der Waals surface area contributed by atoms with Crippen LogP contribution in [0.5, 0.6) is 0 Å². The molecule has 1 saturated heterocycles. The van der Waals surface area contributed by atoms with Crippen molar-refractivity contribution in [1.29, 1.82) is 5.41 Å². The molecule has 0 bridgehead atoms. The minimum Gasteiger partial charge on any atom is -0.382 e. The molecule has 1 fully saturated rings. The maximum atomic E-state index is 7.32. The summed E-state index contributed by atoms with van der Waals surface area (Å²) >= 11 is 0. The lowest BCUT2D eigenvalue weighted by Gasteiger charge is -2.26. The minimum absolute atomic E-state index is 0.0317. The number of rotatable bonds is 2. The van der Waals surface area contributed by atoms with E-state index in [9.17, 15) is 0 Å². The highest BCUT2D eigenvalue weighted by Gasteiger charge is 2.09. The first-order chi connectivity index (χ1) is 8.27. The van der Waals surface area contributed by atoms with Crippen LogP contribution in [0.1, 0.15) is 37.8 Å². The molecule has 3 N–H and O–H groups in total. The molecule has 0 saturated carbocycles. The van der Waals surface area contributed by atoms with Crippen molar-refractivity contribution in [3.05, 3.63) is 24.0 Å².